The molecular formula is C6H6Br3N3O. The van der Waals surface area contributed by atoms with Crippen LogP contribution in [-0.2, 0) is 11.3 Å². The molecule has 0 saturated carbocycles. The molecule has 1 N–H and O–H groups in total. The second-order valence-corrected chi connectivity index (χ2v) is 4.52. The Bertz CT molecular complexity index is 336. The lowest BCUT2D eigenvalue weighted by molar-refractivity contribution is -0.121. The van der Waals surface area contributed by atoms with Gasteiger partial charge in [0.05, 0.1) is 4.47 Å². The average Bonchev–Trinajstić information content (AvgIpc) is 2.34. The van der Waals surface area contributed by atoms with Crippen molar-refractivity contribution in [1.29, 1.82) is 0 Å². The number of amides is 1. The Labute approximate surface area is 100 Å². The van der Waals surface area contributed by atoms with Crippen molar-refractivity contribution in [3.63, 3.8) is 0 Å². The van der Waals surface area contributed by atoms with Gasteiger partial charge in [-0.15, -0.1) is 0 Å². The van der Waals surface area contributed by atoms with Crippen LogP contribution in [0.15, 0.2) is 13.7 Å². The maximum Gasteiger partial charge on any atom is 0.241 e. The number of carbonyl (C=O) groups is 1. The standard InChI is InChI=1S/C6H6Br3N3O/c1-10-3(13)2-12-6(9)4(7)5(8)11-12/h2H2,1H3,(H,10,13). The van der Waals surface area contributed by atoms with Crippen molar-refractivity contribution in [2.24, 2.45) is 0 Å². The third-order valence-corrected chi connectivity index (χ3v) is 4.55. The Morgan fingerprint density at radius 2 is 2.15 bits per heavy atom. The number of rotatable bonds is 2. The Kier molecular flexibility index (Phi) is 3.93. The fourth-order valence-corrected chi connectivity index (χ4v) is 2.03. The van der Waals surface area contributed by atoms with E-state index < -0.39 is 0 Å². The molecular weight excluding hydrogens is 370 g/mol. The van der Waals surface area contributed by atoms with Gasteiger partial charge in [-0.3, -0.25) is 4.79 Å². The van der Waals surface area contributed by atoms with Gasteiger partial charge in [0.1, 0.15) is 15.8 Å². The molecule has 0 saturated heterocycles. The van der Waals surface area contributed by atoms with E-state index >= 15 is 0 Å². The number of hydrogen-bond donors (Lipinski definition) is 1. The van der Waals surface area contributed by atoms with Gasteiger partial charge in [-0.25, -0.2) is 4.68 Å². The van der Waals surface area contributed by atoms with Crippen molar-refractivity contribution >= 4 is 53.7 Å². The third kappa shape index (κ3) is 2.54. The lowest BCUT2D eigenvalue weighted by Gasteiger charge is -2.00. The van der Waals surface area contributed by atoms with Crippen LogP contribution >= 0.6 is 47.8 Å². The summed E-state index contributed by atoms with van der Waals surface area (Å²) in [6.07, 6.45) is 0. The second kappa shape index (κ2) is 4.56. The first-order chi connectivity index (χ1) is 6.06. The molecule has 1 aromatic rings. The highest BCUT2D eigenvalue weighted by atomic mass is 79.9. The lowest BCUT2D eigenvalue weighted by atomic mass is 10.6. The van der Waals surface area contributed by atoms with Gasteiger partial charge >= 0.3 is 0 Å². The summed E-state index contributed by atoms with van der Waals surface area (Å²) in [5.41, 5.74) is 0. The summed E-state index contributed by atoms with van der Waals surface area (Å²) in [6, 6.07) is 0. The predicted octanol–water partition coefficient (Wildman–Crippen LogP) is 1.92. The van der Waals surface area contributed by atoms with Crippen molar-refractivity contribution in [1.82, 2.24) is 15.1 Å². The summed E-state index contributed by atoms with van der Waals surface area (Å²) in [4.78, 5) is 11.0. The van der Waals surface area contributed by atoms with Gasteiger partial charge in [0.25, 0.3) is 0 Å². The lowest BCUT2D eigenvalue weighted by Crippen LogP contribution is -2.24. The summed E-state index contributed by atoms with van der Waals surface area (Å²) in [5.74, 6) is -0.0943. The van der Waals surface area contributed by atoms with Crippen LogP contribution in [0, 0.1) is 0 Å². The zero-order valence-electron chi connectivity index (χ0n) is 6.64. The number of nitrogens with zero attached hydrogens (tertiary/aromatic N) is 2. The first-order valence-electron chi connectivity index (χ1n) is 3.34. The fourth-order valence-electron chi connectivity index (χ4n) is 0.712. The average molecular weight is 376 g/mol. The van der Waals surface area contributed by atoms with Crippen LogP contribution in [0.5, 0.6) is 0 Å². The Hall–Kier alpha value is 0.120. The van der Waals surface area contributed by atoms with Crippen LogP contribution in [0.1, 0.15) is 0 Å². The second-order valence-electron chi connectivity index (χ2n) is 2.23. The molecule has 0 aliphatic carbocycles. The monoisotopic (exact) mass is 373 g/mol. The molecule has 0 spiro atoms. The third-order valence-electron chi connectivity index (χ3n) is 1.37. The molecule has 13 heavy (non-hydrogen) atoms. The molecule has 0 aliphatic heterocycles. The van der Waals surface area contributed by atoms with Crippen molar-refractivity contribution in [2.45, 2.75) is 6.54 Å². The summed E-state index contributed by atoms with van der Waals surface area (Å²) in [5, 5.41) is 6.59. The van der Waals surface area contributed by atoms with Gasteiger partial charge in [-0.05, 0) is 47.8 Å². The molecule has 0 fully saturated rings. The van der Waals surface area contributed by atoms with Gasteiger partial charge in [0, 0.05) is 7.05 Å². The van der Waals surface area contributed by atoms with Crippen molar-refractivity contribution in [3.8, 4) is 0 Å². The summed E-state index contributed by atoms with van der Waals surface area (Å²) in [6.45, 7) is 0.196. The molecule has 4 nitrogen and oxygen atoms in total. The van der Waals surface area contributed by atoms with Gasteiger partial charge in [-0.1, -0.05) is 0 Å². The van der Waals surface area contributed by atoms with E-state index in [9.17, 15) is 4.79 Å². The summed E-state index contributed by atoms with van der Waals surface area (Å²) >= 11 is 9.84. The molecule has 0 aliphatic rings. The van der Waals surface area contributed by atoms with E-state index in [-0.39, 0.29) is 12.5 Å². The molecule has 1 heterocycles. The molecule has 72 valence electrons. The minimum atomic E-state index is -0.0943. The highest BCUT2D eigenvalue weighted by molar-refractivity contribution is 9.14. The highest BCUT2D eigenvalue weighted by Gasteiger charge is 2.12. The maximum absolute atomic E-state index is 11.0. The molecule has 0 atom stereocenters. The Morgan fingerprint density at radius 3 is 2.54 bits per heavy atom. The van der Waals surface area contributed by atoms with E-state index in [2.05, 4.69) is 58.2 Å². The van der Waals surface area contributed by atoms with Crippen LogP contribution in [-0.4, -0.2) is 22.7 Å². The molecule has 0 bridgehead atoms. The van der Waals surface area contributed by atoms with Crippen LogP contribution in [0.3, 0.4) is 0 Å². The quantitative estimate of drug-likeness (QED) is 0.858. The first kappa shape index (κ1) is 11.2. The number of hydrogen-bond acceptors (Lipinski definition) is 2. The highest BCUT2D eigenvalue weighted by Crippen LogP contribution is 2.29. The van der Waals surface area contributed by atoms with Gasteiger partial charge in [0.15, 0.2) is 0 Å². The fraction of sp³-hybridized carbons (Fsp3) is 0.333. The van der Waals surface area contributed by atoms with E-state index in [4.69, 9.17) is 0 Å². The predicted molar refractivity (Wildman–Crippen MR) is 59.4 cm³/mol. The van der Waals surface area contributed by atoms with Crippen molar-refractivity contribution in [3.05, 3.63) is 13.7 Å². The number of halogens is 3. The minimum absolute atomic E-state index is 0.0943. The smallest absolute Gasteiger partial charge is 0.241 e. The van der Waals surface area contributed by atoms with Crippen molar-refractivity contribution < 1.29 is 4.79 Å². The molecule has 1 amide bonds. The van der Waals surface area contributed by atoms with Crippen LogP contribution in [0.4, 0.5) is 0 Å². The molecule has 0 radical (unpaired) electrons. The SMILES string of the molecule is CNC(=O)Cn1nc(Br)c(Br)c1Br. The zero-order chi connectivity index (χ0) is 10.0. The molecule has 0 aromatic carbocycles. The zero-order valence-corrected chi connectivity index (χ0v) is 11.4. The summed E-state index contributed by atoms with van der Waals surface area (Å²) < 4.78 is 3.76. The van der Waals surface area contributed by atoms with Crippen LogP contribution in [0.2, 0.25) is 0 Å². The normalized spacial score (nSPS) is 10.2. The van der Waals surface area contributed by atoms with E-state index in [1.54, 1.807) is 11.7 Å². The largest absolute Gasteiger partial charge is 0.358 e. The number of nitrogens with one attached hydrogen (secondary N) is 1. The molecule has 1 aromatic heterocycles. The van der Waals surface area contributed by atoms with E-state index in [1.807, 2.05) is 0 Å². The van der Waals surface area contributed by atoms with Gasteiger partial charge < -0.3 is 5.32 Å². The van der Waals surface area contributed by atoms with E-state index in [0.29, 0.717) is 4.60 Å². The molecule has 0 unspecified atom stereocenters. The minimum Gasteiger partial charge on any atom is -0.358 e. The van der Waals surface area contributed by atoms with E-state index in [1.165, 1.54) is 0 Å². The van der Waals surface area contributed by atoms with Crippen LogP contribution in [0.25, 0.3) is 0 Å². The molecule has 1 rings (SSSR count). The number of aromatic nitrogens is 2. The molecule has 7 heteroatoms. The Morgan fingerprint density at radius 1 is 1.54 bits per heavy atom. The first-order valence-corrected chi connectivity index (χ1v) is 5.72. The number of likely N-dealkylation sites (N-methyl/N-ethyl adjacent to an activating group) is 1. The maximum atomic E-state index is 11.0. The Balaban J connectivity index is 2.90. The van der Waals surface area contributed by atoms with Gasteiger partial charge in [0.2, 0.25) is 5.91 Å². The topological polar surface area (TPSA) is 46.9 Å². The van der Waals surface area contributed by atoms with Crippen molar-refractivity contribution in [2.75, 3.05) is 7.05 Å². The van der Waals surface area contributed by atoms with Crippen LogP contribution < -0.4 is 5.32 Å². The number of carbonyl (C=O) groups excluding carboxylic acids is 1. The summed E-state index contributed by atoms with van der Waals surface area (Å²) in [7, 11) is 1.59. The van der Waals surface area contributed by atoms with Gasteiger partial charge in [-0.2, -0.15) is 5.10 Å². The van der Waals surface area contributed by atoms with E-state index in [0.717, 1.165) is 9.08 Å².